The van der Waals surface area contributed by atoms with Crippen LogP contribution in [0.15, 0.2) is 54.6 Å². The Bertz CT molecular complexity index is 663. The van der Waals surface area contributed by atoms with Crippen molar-refractivity contribution in [3.05, 3.63) is 54.6 Å². The first-order valence-corrected chi connectivity index (χ1v) is 8.03. The van der Waals surface area contributed by atoms with Gasteiger partial charge in [-0.15, -0.1) is 12.4 Å². The Morgan fingerprint density at radius 3 is 2.62 bits per heavy atom. The van der Waals surface area contributed by atoms with Crippen molar-refractivity contribution < 1.29 is 9.53 Å². The zero-order valence-corrected chi connectivity index (χ0v) is 14.6. The predicted octanol–water partition coefficient (Wildman–Crippen LogP) is 2.97. The highest BCUT2D eigenvalue weighted by atomic mass is 35.5. The molecule has 1 atom stereocenters. The average molecular weight is 347 g/mol. The molecule has 1 N–H and O–H groups in total. The smallest absolute Gasteiger partial charge is 0.260 e. The summed E-state index contributed by atoms with van der Waals surface area (Å²) in [7, 11) is 0. The second kappa shape index (κ2) is 8.71. The molecule has 3 rings (SSSR count). The molecule has 128 valence electrons. The summed E-state index contributed by atoms with van der Waals surface area (Å²) < 4.78 is 5.84. The third kappa shape index (κ3) is 4.28. The standard InChI is InChI=1S/C19H22N2O2.ClH/c1-15-13-20-11-12-21(15)19(22)14-23-18-10-6-5-9-17(18)16-7-3-2-4-8-16;/h2-10,15,20H,11-14H2,1H3;1H. The maximum atomic E-state index is 12.4. The first-order valence-electron chi connectivity index (χ1n) is 8.03. The molecule has 1 fully saturated rings. The van der Waals surface area contributed by atoms with Gasteiger partial charge in [0, 0.05) is 31.2 Å². The van der Waals surface area contributed by atoms with Gasteiger partial charge in [-0.1, -0.05) is 48.5 Å². The minimum Gasteiger partial charge on any atom is -0.483 e. The van der Waals surface area contributed by atoms with Crippen molar-refractivity contribution in [1.82, 2.24) is 10.2 Å². The number of benzene rings is 2. The van der Waals surface area contributed by atoms with Gasteiger partial charge in [0.2, 0.25) is 0 Å². The summed E-state index contributed by atoms with van der Waals surface area (Å²) in [5.41, 5.74) is 2.10. The number of carbonyl (C=O) groups is 1. The Morgan fingerprint density at radius 1 is 1.17 bits per heavy atom. The number of piperazine rings is 1. The molecule has 0 bridgehead atoms. The van der Waals surface area contributed by atoms with Crippen LogP contribution in [-0.2, 0) is 4.79 Å². The largest absolute Gasteiger partial charge is 0.483 e. The van der Waals surface area contributed by atoms with E-state index in [1.807, 2.05) is 59.5 Å². The van der Waals surface area contributed by atoms with Crippen molar-refractivity contribution in [2.75, 3.05) is 26.2 Å². The number of rotatable bonds is 4. The molecule has 0 aromatic heterocycles. The Kier molecular flexibility index (Phi) is 6.64. The van der Waals surface area contributed by atoms with Crippen LogP contribution in [0, 0.1) is 0 Å². The van der Waals surface area contributed by atoms with E-state index in [4.69, 9.17) is 4.74 Å². The van der Waals surface area contributed by atoms with Crippen LogP contribution in [0.2, 0.25) is 0 Å². The highest BCUT2D eigenvalue weighted by Crippen LogP contribution is 2.29. The number of halogens is 1. The molecule has 1 saturated heterocycles. The lowest BCUT2D eigenvalue weighted by Crippen LogP contribution is -2.53. The Hall–Kier alpha value is -2.04. The fourth-order valence-corrected chi connectivity index (χ4v) is 2.88. The van der Waals surface area contributed by atoms with Gasteiger partial charge in [0.25, 0.3) is 5.91 Å². The van der Waals surface area contributed by atoms with Gasteiger partial charge in [-0.3, -0.25) is 4.79 Å². The Morgan fingerprint density at radius 2 is 1.88 bits per heavy atom. The van der Waals surface area contributed by atoms with E-state index in [0.29, 0.717) is 0 Å². The number of amides is 1. The SMILES string of the molecule is CC1CNCCN1C(=O)COc1ccccc1-c1ccccc1.Cl. The molecule has 0 radical (unpaired) electrons. The van der Waals surface area contributed by atoms with E-state index in [2.05, 4.69) is 12.2 Å². The Balaban J connectivity index is 0.00000208. The molecule has 24 heavy (non-hydrogen) atoms. The molecule has 0 spiro atoms. The van der Waals surface area contributed by atoms with E-state index >= 15 is 0 Å². The molecular weight excluding hydrogens is 324 g/mol. The third-order valence-electron chi connectivity index (χ3n) is 4.14. The summed E-state index contributed by atoms with van der Waals surface area (Å²) in [6, 6.07) is 18.1. The number of hydrogen-bond acceptors (Lipinski definition) is 3. The molecule has 5 heteroatoms. The zero-order chi connectivity index (χ0) is 16.1. The second-order valence-electron chi connectivity index (χ2n) is 5.79. The molecule has 2 aromatic carbocycles. The minimum absolute atomic E-state index is 0. The minimum atomic E-state index is 0. The van der Waals surface area contributed by atoms with Gasteiger partial charge in [0.15, 0.2) is 6.61 Å². The number of nitrogens with one attached hydrogen (secondary N) is 1. The van der Waals surface area contributed by atoms with Crippen LogP contribution < -0.4 is 10.1 Å². The monoisotopic (exact) mass is 346 g/mol. The van der Waals surface area contributed by atoms with Gasteiger partial charge in [0.05, 0.1) is 0 Å². The van der Waals surface area contributed by atoms with E-state index in [0.717, 1.165) is 36.5 Å². The summed E-state index contributed by atoms with van der Waals surface area (Å²) in [4.78, 5) is 14.3. The van der Waals surface area contributed by atoms with E-state index in [9.17, 15) is 4.79 Å². The fraction of sp³-hybridized carbons (Fsp3) is 0.316. The maximum Gasteiger partial charge on any atom is 0.260 e. The van der Waals surface area contributed by atoms with Gasteiger partial charge < -0.3 is 15.0 Å². The third-order valence-corrected chi connectivity index (χ3v) is 4.14. The molecular formula is C19H23ClN2O2. The van der Waals surface area contributed by atoms with Crippen molar-refractivity contribution in [2.24, 2.45) is 0 Å². The van der Waals surface area contributed by atoms with Gasteiger partial charge in [-0.25, -0.2) is 0 Å². The van der Waals surface area contributed by atoms with Crippen LogP contribution in [0.1, 0.15) is 6.92 Å². The van der Waals surface area contributed by atoms with Gasteiger partial charge in [0.1, 0.15) is 5.75 Å². The Labute approximate surface area is 149 Å². The molecule has 2 aromatic rings. The predicted molar refractivity (Wildman–Crippen MR) is 98.7 cm³/mol. The van der Waals surface area contributed by atoms with Gasteiger partial charge in [-0.05, 0) is 18.6 Å². The lowest BCUT2D eigenvalue weighted by molar-refractivity contribution is -0.136. The van der Waals surface area contributed by atoms with Crippen LogP contribution >= 0.6 is 12.4 Å². The number of hydrogen-bond donors (Lipinski definition) is 1. The highest BCUT2D eigenvalue weighted by Gasteiger charge is 2.23. The lowest BCUT2D eigenvalue weighted by atomic mass is 10.1. The molecule has 0 saturated carbocycles. The summed E-state index contributed by atoms with van der Waals surface area (Å²) in [6.07, 6.45) is 0. The van der Waals surface area contributed by atoms with E-state index in [1.165, 1.54) is 0 Å². The van der Waals surface area contributed by atoms with Crippen molar-refractivity contribution in [3.8, 4) is 16.9 Å². The summed E-state index contributed by atoms with van der Waals surface area (Å²) in [5.74, 6) is 0.789. The lowest BCUT2D eigenvalue weighted by Gasteiger charge is -2.33. The molecule has 1 heterocycles. The van der Waals surface area contributed by atoms with Crippen molar-refractivity contribution in [2.45, 2.75) is 13.0 Å². The molecule has 1 unspecified atom stereocenters. The quantitative estimate of drug-likeness (QED) is 0.925. The van der Waals surface area contributed by atoms with Gasteiger partial charge in [-0.2, -0.15) is 0 Å². The van der Waals surface area contributed by atoms with E-state index in [-0.39, 0.29) is 31.0 Å². The topological polar surface area (TPSA) is 41.6 Å². The van der Waals surface area contributed by atoms with Gasteiger partial charge >= 0.3 is 0 Å². The first kappa shape index (κ1) is 18.3. The highest BCUT2D eigenvalue weighted by molar-refractivity contribution is 5.85. The maximum absolute atomic E-state index is 12.4. The average Bonchev–Trinajstić information content (AvgIpc) is 2.61. The van der Waals surface area contributed by atoms with E-state index < -0.39 is 0 Å². The number of carbonyl (C=O) groups excluding carboxylic acids is 1. The van der Waals surface area contributed by atoms with Crippen LogP contribution in [0.4, 0.5) is 0 Å². The first-order chi connectivity index (χ1) is 11.3. The number of nitrogens with zero attached hydrogens (tertiary/aromatic N) is 1. The second-order valence-corrected chi connectivity index (χ2v) is 5.79. The molecule has 0 aliphatic carbocycles. The molecule has 1 aliphatic heterocycles. The summed E-state index contributed by atoms with van der Waals surface area (Å²) in [6.45, 7) is 4.56. The molecule has 1 aliphatic rings. The van der Waals surface area contributed by atoms with Crippen LogP contribution in [0.3, 0.4) is 0 Å². The van der Waals surface area contributed by atoms with Crippen molar-refractivity contribution in [3.63, 3.8) is 0 Å². The van der Waals surface area contributed by atoms with E-state index in [1.54, 1.807) is 0 Å². The summed E-state index contributed by atoms with van der Waals surface area (Å²) in [5, 5.41) is 3.29. The molecule has 4 nitrogen and oxygen atoms in total. The van der Waals surface area contributed by atoms with Crippen LogP contribution in [-0.4, -0.2) is 43.1 Å². The normalized spacial score (nSPS) is 17.0. The fourth-order valence-electron chi connectivity index (χ4n) is 2.88. The van der Waals surface area contributed by atoms with Crippen molar-refractivity contribution in [1.29, 1.82) is 0 Å². The van der Waals surface area contributed by atoms with Crippen LogP contribution in [0.5, 0.6) is 5.75 Å². The number of ether oxygens (including phenoxy) is 1. The van der Waals surface area contributed by atoms with Crippen molar-refractivity contribution >= 4 is 18.3 Å². The zero-order valence-electron chi connectivity index (χ0n) is 13.8. The summed E-state index contributed by atoms with van der Waals surface area (Å²) >= 11 is 0. The number of para-hydroxylation sites is 1. The molecule has 1 amide bonds. The van der Waals surface area contributed by atoms with Crippen LogP contribution in [0.25, 0.3) is 11.1 Å².